The third kappa shape index (κ3) is 3.14. The smallest absolute Gasteiger partial charge is 0.167 e. The minimum absolute atomic E-state index is 0.0300. The van der Waals surface area contributed by atoms with Crippen LogP contribution in [0.15, 0.2) is 42.5 Å². The molecule has 0 radical (unpaired) electrons. The van der Waals surface area contributed by atoms with Gasteiger partial charge in [0.25, 0.3) is 0 Å². The van der Waals surface area contributed by atoms with Gasteiger partial charge in [0.1, 0.15) is 11.6 Å². The van der Waals surface area contributed by atoms with Crippen molar-refractivity contribution in [2.45, 2.75) is 6.42 Å². The average molecular weight is 267 g/mol. The molecule has 92 valence electrons. The van der Waals surface area contributed by atoms with Gasteiger partial charge in [0.2, 0.25) is 0 Å². The predicted octanol–water partition coefficient (Wildman–Crippen LogP) is 4.04. The number of rotatable bonds is 3. The maximum absolute atomic E-state index is 13.0. The van der Waals surface area contributed by atoms with E-state index in [0.717, 1.165) is 23.8 Å². The van der Waals surface area contributed by atoms with E-state index in [1.807, 2.05) is 0 Å². The molecule has 0 amide bonds. The summed E-state index contributed by atoms with van der Waals surface area (Å²) in [5.74, 6) is -1.85. The molecule has 0 saturated carbocycles. The van der Waals surface area contributed by atoms with Gasteiger partial charge in [-0.2, -0.15) is 0 Å². The second-order valence-electron chi connectivity index (χ2n) is 3.88. The van der Waals surface area contributed by atoms with Crippen molar-refractivity contribution < 1.29 is 13.6 Å². The lowest BCUT2D eigenvalue weighted by molar-refractivity contribution is 0.0992. The Bertz CT molecular complexity index is 559. The van der Waals surface area contributed by atoms with Crippen LogP contribution in [0.3, 0.4) is 0 Å². The van der Waals surface area contributed by atoms with E-state index < -0.39 is 11.6 Å². The van der Waals surface area contributed by atoms with Crippen molar-refractivity contribution in [2.24, 2.45) is 0 Å². The first kappa shape index (κ1) is 12.7. The normalized spacial score (nSPS) is 10.4. The fourth-order valence-electron chi connectivity index (χ4n) is 1.60. The van der Waals surface area contributed by atoms with E-state index in [1.165, 1.54) is 0 Å². The molecule has 0 aliphatic carbocycles. The lowest BCUT2D eigenvalue weighted by Gasteiger charge is -2.02. The molecule has 0 aliphatic heterocycles. The molecule has 2 rings (SSSR count). The molecule has 0 N–H and O–H groups in total. The lowest BCUT2D eigenvalue weighted by Crippen LogP contribution is -2.04. The van der Waals surface area contributed by atoms with Crippen molar-refractivity contribution in [3.63, 3.8) is 0 Å². The third-order valence-corrected chi connectivity index (χ3v) is 2.71. The Labute approximate surface area is 108 Å². The molecule has 0 unspecified atom stereocenters. The zero-order chi connectivity index (χ0) is 13.1. The van der Waals surface area contributed by atoms with Gasteiger partial charge >= 0.3 is 0 Å². The molecule has 0 bridgehead atoms. The number of ketones is 1. The van der Waals surface area contributed by atoms with E-state index in [0.29, 0.717) is 5.02 Å². The summed E-state index contributed by atoms with van der Waals surface area (Å²) in [4.78, 5) is 11.8. The molecule has 1 nitrogen and oxygen atoms in total. The van der Waals surface area contributed by atoms with E-state index in [2.05, 4.69) is 0 Å². The van der Waals surface area contributed by atoms with E-state index in [9.17, 15) is 13.6 Å². The van der Waals surface area contributed by atoms with Gasteiger partial charge in [0.05, 0.1) is 0 Å². The van der Waals surface area contributed by atoms with Gasteiger partial charge in [-0.3, -0.25) is 4.79 Å². The van der Waals surface area contributed by atoms with Crippen molar-refractivity contribution in [3.05, 3.63) is 70.2 Å². The maximum Gasteiger partial charge on any atom is 0.167 e. The molecule has 4 heteroatoms. The molecule has 18 heavy (non-hydrogen) atoms. The van der Waals surface area contributed by atoms with E-state index in [-0.39, 0.29) is 17.8 Å². The molecule has 2 aromatic carbocycles. The van der Waals surface area contributed by atoms with Crippen molar-refractivity contribution in [2.75, 3.05) is 0 Å². The molecular formula is C14H9ClF2O. The molecule has 0 aromatic heterocycles. The number of hydrogen-bond donors (Lipinski definition) is 0. The minimum atomic E-state index is -0.755. The number of hydrogen-bond acceptors (Lipinski definition) is 1. The van der Waals surface area contributed by atoms with Crippen molar-refractivity contribution in [1.29, 1.82) is 0 Å². The molecule has 0 saturated heterocycles. The second-order valence-corrected chi connectivity index (χ2v) is 4.32. The number of carbonyl (C=O) groups excluding carboxylic acids is 1. The van der Waals surface area contributed by atoms with Crippen LogP contribution in [0.2, 0.25) is 5.02 Å². The van der Waals surface area contributed by atoms with Crippen LogP contribution >= 0.6 is 11.6 Å². The molecule has 0 aliphatic rings. The fraction of sp³-hybridized carbons (Fsp3) is 0.0714. The van der Waals surface area contributed by atoms with Gasteiger partial charge in [-0.25, -0.2) is 8.78 Å². The summed E-state index contributed by atoms with van der Waals surface area (Å²) in [7, 11) is 0. The Balaban J connectivity index is 2.19. The molecular weight excluding hydrogens is 258 g/mol. The van der Waals surface area contributed by atoms with Crippen molar-refractivity contribution in [1.82, 2.24) is 0 Å². The average Bonchev–Trinajstić information content (AvgIpc) is 2.31. The monoisotopic (exact) mass is 266 g/mol. The molecule has 0 heterocycles. The Hall–Kier alpha value is -1.74. The van der Waals surface area contributed by atoms with Crippen LogP contribution in [0, 0.1) is 11.6 Å². The van der Waals surface area contributed by atoms with Crippen LogP contribution in [-0.4, -0.2) is 5.78 Å². The van der Waals surface area contributed by atoms with Crippen molar-refractivity contribution in [3.8, 4) is 0 Å². The van der Waals surface area contributed by atoms with E-state index in [1.54, 1.807) is 24.3 Å². The first-order valence-electron chi connectivity index (χ1n) is 5.28. The van der Waals surface area contributed by atoms with Crippen LogP contribution in [-0.2, 0) is 6.42 Å². The quantitative estimate of drug-likeness (QED) is 0.766. The summed E-state index contributed by atoms with van der Waals surface area (Å²) in [6, 6.07) is 9.53. The third-order valence-electron chi connectivity index (χ3n) is 2.46. The predicted molar refractivity (Wildman–Crippen MR) is 65.8 cm³/mol. The summed E-state index contributed by atoms with van der Waals surface area (Å²) >= 11 is 5.72. The Morgan fingerprint density at radius 3 is 2.11 bits per heavy atom. The Morgan fingerprint density at radius 2 is 1.56 bits per heavy atom. The first-order valence-corrected chi connectivity index (χ1v) is 5.66. The summed E-state index contributed by atoms with van der Waals surface area (Å²) in [6.07, 6.45) is 0.0834. The standard InChI is InChI=1S/C14H9ClF2O/c15-11-3-1-9(2-4-11)5-14(18)10-6-12(16)8-13(17)7-10/h1-4,6-8H,5H2. The van der Waals surface area contributed by atoms with Crippen LogP contribution in [0.25, 0.3) is 0 Å². The zero-order valence-corrected chi connectivity index (χ0v) is 10.0. The SMILES string of the molecule is O=C(Cc1ccc(Cl)cc1)c1cc(F)cc(F)c1. The van der Waals surface area contributed by atoms with Crippen molar-refractivity contribution >= 4 is 17.4 Å². The molecule has 0 spiro atoms. The van der Waals surface area contributed by atoms with Crippen LogP contribution < -0.4 is 0 Å². The van der Waals surface area contributed by atoms with Gasteiger partial charge in [0.15, 0.2) is 5.78 Å². The van der Waals surface area contributed by atoms with Gasteiger partial charge in [-0.05, 0) is 29.8 Å². The van der Waals surface area contributed by atoms with Crippen LogP contribution in [0.1, 0.15) is 15.9 Å². The summed E-state index contributed by atoms with van der Waals surface area (Å²) in [5.41, 5.74) is 0.775. The fourth-order valence-corrected chi connectivity index (χ4v) is 1.73. The van der Waals surface area contributed by atoms with Gasteiger partial charge in [0, 0.05) is 23.1 Å². The summed E-state index contributed by atoms with van der Waals surface area (Å²) in [6.45, 7) is 0. The maximum atomic E-state index is 13.0. The lowest BCUT2D eigenvalue weighted by atomic mass is 10.0. The second kappa shape index (κ2) is 5.27. The largest absolute Gasteiger partial charge is 0.294 e. The van der Waals surface area contributed by atoms with Gasteiger partial charge in [-0.1, -0.05) is 23.7 Å². The molecule has 0 atom stereocenters. The highest BCUT2D eigenvalue weighted by molar-refractivity contribution is 6.30. The number of carbonyl (C=O) groups is 1. The van der Waals surface area contributed by atoms with E-state index >= 15 is 0 Å². The summed E-state index contributed by atoms with van der Waals surface area (Å²) < 4.78 is 25.9. The topological polar surface area (TPSA) is 17.1 Å². The van der Waals surface area contributed by atoms with Crippen LogP contribution in [0.4, 0.5) is 8.78 Å². The van der Waals surface area contributed by atoms with Crippen LogP contribution in [0.5, 0.6) is 0 Å². The highest BCUT2D eigenvalue weighted by Gasteiger charge is 2.10. The number of halogens is 3. The number of benzene rings is 2. The first-order chi connectivity index (χ1) is 8.54. The molecule has 0 fully saturated rings. The van der Waals surface area contributed by atoms with Gasteiger partial charge < -0.3 is 0 Å². The highest BCUT2D eigenvalue weighted by Crippen LogP contribution is 2.14. The van der Waals surface area contributed by atoms with Gasteiger partial charge in [-0.15, -0.1) is 0 Å². The number of Topliss-reactive ketones (excluding diaryl/α,β-unsaturated/α-hetero) is 1. The summed E-state index contributed by atoms with van der Waals surface area (Å²) in [5, 5.41) is 0.572. The van der Waals surface area contributed by atoms with E-state index in [4.69, 9.17) is 11.6 Å². The Kier molecular flexibility index (Phi) is 3.72. The highest BCUT2D eigenvalue weighted by atomic mass is 35.5. The Morgan fingerprint density at radius 1 is 1.00 bits per heavy atom. The minimum Gasteiger partial charge on any atom is -0.294 e. The zero-order valence-electron chi connectivity index (χ0n) is 9.29. The molecule has 2 aromatic rings.